The molecule has 9 heteroatoms. The molecule has 0 saturated carbocycles. The number of rotatable bonds is 18. The minimum absolute atomic E-state index is 0.0612. The Morgan fingerprint density at radius 2 is 1.34 bits per heavy atom. The average Bonchev–Trinajstić information content (AvgIpc) is 2.86. The van der Waals surface area contributed by atoms with Gasteiger partial charge in [0.1, 0.15) is 12.4 Å². The first kappa shape index (κ1) is 27.9. The van der Waals surface area contributed by atoms with Gasteiger partial charge in [-0.15, -0.1) is 0 Å². The predicted octanol–water partition coefficient (Wildman–Crippen LogP) is 7.39. The van der Waals surface area contributed by atoms with Crippen molar-refractivity contribution in [3.8, 4) is 17.2 Å². The first-order chi connectivity index (χ1) is 17.0. The molecule has 0 unspecified atom stereocenters. The van der Waals surface area contributed by atoms with Gasteiger partial charge in [-0.2, -0.15) is 0 Å². The number of hydrogen-bond acceptors (Lipinski definition) is 7. The summed E-state index contributed by atoms with van der Waals surface area (Å²) >= 11 is 0. The van der Waals surface area contributed by atoms with Gasteiger partial charge in [0.15, 0.2) is 11.5 Å². The van der Waals surface area contributed by atoms with Crippen LogP contribution in [0, 0.1) is 20.2 Å². The molecule has 0 N–H and O–H groups in total. The lowest BCUT2D eigenvalue weighted by Crippen LogP contribution is -2.05. The van der Waals surface area contributed by atoms with Crippen LogP contribution in [0.15, 0.2) is 36.4 Å². The number of non-ortho nitro benzene ring substituents is 1. The highest BCUT2D eigenvalue weighted by Gasteiger charge is 2.20. The van der Waals surface area contributed by atoms with Crippen LogP contribution in [-0.4, -0.2) is 23.6 Å². The Hall–Kier alpha value is -3.36. The highest BCUT2D eigenvalue weighted by Crippen LogP contribution is 2.35. The van der Waals surface area contributed by atoms with E-state index in [4.69, 9.17) is 14.2 Å². The minimum Gasteiger partial charge on any atom is -0.493 e. The largest absolute Gasteiger partial charge is 0.493 e. The van der Waals surface area contributed by atoms with E-state index in [1.165, 1.54) is 88.5 Å². The van der Waals surface area contributed by atoms with Gasteiger partial charge in [0, 0.05) is 12.1 Å². The number of ether oxygens (including phenoxy) is 3. The van der Waals surface area contributed by atoms with Gasteiger partial charge in [-0.3, -0.25) is 20.2 Å². The van der Waals surface area contributed by atoms with Crippen LogP contribution in [0.2, 0.25) is 0 Å². The maximum absolute atomic E-state index is 11.6. The summed E-state index contributed by atoms with van der Waals surface area (Å²) in [6.07, 6.45) is 12.1. The molecule has 0 aromatic heterocycles. The van der Waals surface area contributed by atoms with Gasteiger partial charge in [-0.1, -0.05) is 64.7 Å². The van der Waals surface area contributed by atoms with Gasteiger partial charge >= 0.3 is 0 Å². The lowest BCUT2D eigenvalue weighted by Gasteiger charge is -2.13. The van der Waals surface area contributed by atoms with Gasteiger partial charge in [-0.05, 0) is 24.6 Å². The first-order valence-corrected chi connectivity index (χ1v) is 12.3. The third kappa shape index (κ3) is 9.80. The zero-order valence-corrected chi connectivity index (χ0v) is 20.7. The van der Waals surface area contributed by atoms with Gasteiger partial charge in [0.25, 0.3) is 11.4 Å². The molecular weight excluding hydrogens is 452 g/mol. The Balaban J connectivity index is 1.86. The van der Waals surface area contributed by atoms with Crippen LogP contribution < -0.4 is 14.2 Å². The van der Waals surface area contributed by atoms with E-state index in [0.717, 1.165) is 19.3 Å². The first-order valence-electron chi connectivity index (χ1n) is 12.3. The maximum atomic E-state index is 11.6. The number of hydrogen-bond donors (Lipinski definition) is 0. The molecule has 9 nitrogen and oxygen atoms in total. The standard InChI is InChI=1S/C26H36N2O7/c1-3-4-5-6-7-8-9-10-11-12-17-34-26-19-24(28(31)32)21(18-25(26)33-2)20-35-23-15-13-22(14-16-23)27(29)30/h13-16,18-19H,3-12,17,20H2,1-2H3. The van der Waals surface area contributed by atoms with Gasteiger partial charge < -0.3 is 14.2 Å². The second kappa shape index (κ2) is 15.5. The molecule has 0 aliphatic heterocycles. The van der Waals surface area contributed by atoms with E-state index in [1.807, 2.05) is 0 Å². The summed E-state index contributed by atoms with van der Waals surface area (Å²) in [5, 5.41) is 22.4. The molecule has 2 aromatic carbocycles. The van der Waals surface area contributed by atoms with Crippen LogP contribution in [0.25, 0.3) is 0 Å². The van der Waals surface area contributed by atoms with E-state index in [2.05, 4.69) is 6.92 Å². The van der Waals surface area contributed by atoms with Gasteiger partial charge in [0.05, 0.1) is 35.2 Å². The lowest BCUT2D eigenvalue weighted by molar-refractivity contribution is -0.386. The van der Waals surface area contributed by atoms with E-state index in [0.29, 0.717) is 29.4 Å². The van der Waals surface area contributed by atoms with Crippen molar-refractivity contribution in [3.63, 3.8) is 0 Å². The molecule has 0 aliphatic carbocycles. The molecule has 0 heterocycles. The number of unbranched alkanes of at least 4 members (excludes halogenated alkanes) is 9. The molecule has 0 bridgehead atoms. The van der Waals surface area contributed by atoms with E-state index in [1.54, 1.807) is 0 Å². The van der Waals surface area contributed by atoms with Crippen molar-refractivity contribution in [3.05, 3.63) is 62.2 Å². The Kier molecular flexibility index (Phi) is 12.4. The Morgan fingerprint density at radius 3 is 1.89 bits per heavy atom. The number of nitrogens with zero attached hydrogens (tertiary/aromatic N) is 2. The maximum Gasteiger partial charge on any atom is 0.280 e. The van der Waals surface area contributed by atoms with E-state index < -0.39 is 9.85 Å². The number of nitro groups is 2. The van der Waals surface area contributed by atoms with Crippen molar-refractivity contribution < 1.29 is 24.1 Å². The monoisotopic (exact) mass is 488 g/mol. The topological polar surface area (TPSA) is 114 Å². The molecule has 0 fully saturated rings. The lowest BCUT2D eigenvalue weighted by atomic mass is 10.1. The number of methoxy groups -OCH3 is 1. The zero-order valence-electron chi connectivity index (χ0n) is 20.7. The SMILES string of the molecule is CCCCCCCCCCCCOc1cc([N+](=O)[O-])c(COc2ccc([N+](=O)[O-])cc2)cc1OC. The normalized spacial score (nSPS) is 10.7. The molecule has 0 amide bonds. The van der Waals surface area contributed by atoms with E-state index >= 15 is 0 Å². The highest BCUT2D eigenvalue weighted by atomic mass is 16.6. The molecule has 192 valence electrons. The molecule has 0 atom stereocenters. The molecular formula is C26H36N2O7. The predicted molar refractivity (Wildman–Crippen MR) is 134 cm³/mol. The number of nitro benzene ring substituents is 2. The fourth-order valence-electron chi connectivity index (χ4n) is 3.75. The van der Waals surface area contributed by atoms with Crippen molar-refractivity contribution in [1.82, 2.24) is 0 Å². The third-order valence-electron chi connectivity index (χ3n) is 5.76. The van der Waals surface area contributed by atoms with Crippen molar-refractivity contribution in [2.75, 3.05) is 13.7 Å². The summed E-state index contributed by atoms with van der Waals surface area (Å²) in [6.45, 7) is 2.59. The highest BCUT2D eigenvalue weighted by molar-refractivity contribution is 5.54. The Labute approximate surface area is 206 Å². The second-order valence-corrected chi connectivity index (χ2v) is 8.46. The van der Waals surface area contributed by atoms with Crippen LogP contribution in [0.4, 0.5) is 11.4 Å². The molecule has 2 aromatic rings. The zero-order chi connectivity index (χ0) is 25.5. The van der Waals surface area contributed by atoms with Crippen molar-refractivity contribution in [2.45, 2.75) is 77.7 Å². The van der Waals surface area contributed by atoms with Gasteiger partial charge in [0.2, 0.25) is 0 Å². The summed E-state index contributed by atoms with van der Waals surface area (Å²) in [5.74, 6) is 1.09. The van der Waals surface area contributed by atoms with Crippen LogP contribution in [0.1, 0.15) is 76.7 Å². The minimum atomic E-state index is -0.506. The summed E-state index contributed by atoms with van der Waals surface area (Å²) < 4.78 is 16.8. The average molecular weight is 489 g/mol. The van der Waals surface area contributed by atoms with Gasteiger partial charge in [-0.25, -0.2) is 0 Å². The molecule has 35 heavy (non-hydrogen) atoms. The molecule has 2 rings (SSSR count). The summed E-state index contributed by atoms with van der Waals surface area (Å²) in [5.41, 5.74) is 0.121. The molecule has 0 aliphatic rings. The molecule has 0 radical (unpaired) electrons. The Morgan fingerprint density at radius 1 is 0.743 bits per heavy atom. The summed E-state index contributed by atoms with van der Waals surface area (Å²) in [7, 11) is 1.48. The fraction of sp³-hybridized carbons (Fsp3) is 0.538. The molecule has 0 saturated heterocycles. The van der Waals surface area contributed by atoms with Crippen LogP contribution in [0.3, 0.4) is 0 Å². The number of benzene rings is 2. The smallest absolute Gasteiger partial charge is 0.280 e. The quantitative estimate of drug-likeness (QED) is 0.122. The van der Waals surface area contributed by atoms with E-state index in [-0.39, 0.29) is 18.0 Å². The second-order valence-electron chi connectivity index (χ2n) is 8.46. The fourth-order valence-corrected chi connectivity index (χ4v) is 3.75. The van der Waals surface area contributed by atoms with Crippen molar-refractivity contribution >= 4 is 11.4 Å². The van der Waals surface area contributed by atoms with E-state index in [9.17, 15) is 20.2 Å². The van der Waals surface area contributed by atoms with Crippen LogP contribution in [0.5, 0.6) is 17.2 Å². The Bertz CT molecular complexity index is 932. The van der Waals surface area contributed by atoms with Crippen LogP contribution >= 0.6 is 0 Å². The summed E-state index contributed by atoms with van der Waals surface area (Å²) in [4.78, 5) is 21.4. The summed E-state index contributed by atoms with van der Waals surface area (Å²) in [6, 6.07) is 8.43. The molecule has 0 spiro atoms. The third-order valence-corrected chi connectivity index (χ3v) is 5.76. The van der Waals surface area contributed by atoms with Crippen LogP contribution in [-0.2, 0) is 6.61 Å². The van der Waals surface area contributed by atoms with Crippen molar-refractivity contribution in [1.29, 1.82) is 0 Å². The van der Waals surface area contributed by atoms with Crippen molar-refractivity contribution in [2.24, 2.45) is 0 Å².